The van der Waals surface area contributed by atoms with Gasteiger partial charge in [-0.3, -0.25) is 9.59 Å². The molecule has 2 rings (SSSR count). The number of carboxylic acid groups (broad SMARTS) is 1. The number of hydrogen-bond donors (Lipinski definition) is 2. The zero-order chi connectivity index (χ0) is 17.3. The lowest BCUT2D eigenvalue weighted by atomic mass is 9.75. The van der Waals surface area contributed by atoms with Gasteiger partial charge in [-0.25, -0.2) is 0 Å². The van der Waals surface area contributed by atoms with Crippen LogP contribution in [0.5, 0.6) is 0 Å². The summed E-state index contributed by atoms with van der Waals surface area (Å²) in [5.41, 5.74) is -3.83. The van der Waals surface area contributed by atoms with Gasteiger partial charge in [0, 0.05) is 26.3 Å². The number of aliphatic hydroxyl groups excluding tert-OH is 1. The minimum Gasteiger partial charge on any atom is -0.480 e. The highest BCUT2D eigenvalue weighted by molar-refractivity contribution is 6.02. The first kappa shape index (κ1) is 18.0. The lowest BCUT2D eigenvalue weighted by Gasteiger charge is -2.44. The van der Waals surface area contributed by atoms with Crippen LogP contribution in [-0.2, 0) is 14.3 Å². The number of aliphatic carboxylic acids is 1. The maximum Gasteiger partial charge on any atom is 0.396 e. The Labute approximate surface area is 131 Å². The number of likely N-dealkylation sites (tertiary alicyclic amines) is 1. The van der Waals surface area contributed by atoms with Crippen LogP contribution in [0.3, 0.4) is 0 Å². The minimum atomic E-state index is -4.56. The average Bonchev–Trinajstić information content (AvgIpc) is 2.53. The average molecular weight is 339 g/mol. The lowest BCUT2D eigenvalue weighted by molar-refractivity contribution is -0.249. The number of nitrogens with zero attached hydrogens (tertiary/aromatic N) is 1. The van der Waals surface area contributed by atoms with Crippen LogP contribution in [0.1, 0.15) is 25.7 Å². The minimum absolute atomic E-state index is 0.0160. The van der Waals surface area contributed by atoms with Gasteiger partial charge >= 0.3 is 12.1 Å². The Kier molecular flexibility index (Phi) is 4.91. The van der Waals surface area contributed by atoms with Crippen molar-refractivity contribution in [3.05, 3.63) is 0 Å². The van der Waals surface area contributed by atoms with E-state index < -0.39 is 48.3 Å². The third kappa shape index (κ3) is 3.03. The van der Waals surface area contributed by atoms with Crippen molar-refractivity contribution in [2.75, 3.05) is 32.9 Å². The Balaban J connectivity index is 2.12. The van der Waals surface area contributed by atoms with Crippen molar-refractivity contribution in [2.45, 2.75) is 31.9 Å². The monoisotopic (exact) mass is 339 g/mol. The number of carbonyl (C=O) groups excluding carboxylic acids is 1. The maximum absolute atomic E-state index is 13.1. The lowest BCUT2D eigenvalue weighted by Crippen LogP contribution is -2.57. The summed E-state index contributed by atoms with van der Waals surface area (Å²) >= 11 is 0. The second-order valence-corrected chi connectivity index (χ2v) is 6.23. The van der Waals surface area contributed by atoms with E-state index in [0.29, 0.717) is 0 Å². The van der Waals surface area contributed by atoms with Gasteiger partial charge in [0.15, 0.2) is 5.41 Å². The highest BCUT2D eigenvalue weighted by Gasteiger charge is 2.57. The maximum atomic E-state index is 13.1. The van der Waals surface area contributed by atoms with Crippen molar-refractivity contribution < 1.29 is 37.7 Å². The molecule has 0 saturated carbocycles. The fraction of sp³-hybridized carbons (Fsp3) is 0.857. The molecule has 132 valence electrons. The molecule has 0 aliphatic carbocycles. The van der Waals surface area contributed by atoms with Gasteiger partial charge in [-0.05, 0) is 25.7 Å². The first-order chi connectivity index (χ1) is 10.7. The molecule has 2 heterocycles. The number of carbonyl (C=O) groups is 2. The quantitative estimate of drug-likeness (QED) is 0.750. The summed E-state index contributed by atoms with van der Waals surface area (Å²) in [6.07, 6.45) is -5.37. The SMILES string of the molecule is O=C(O)C1(C(=O)N2CCC(CO)(C(F)(F)F)CC2)CCOCC1. The molecule has 0 aromatic carbocycles. The van der Waals surface area contributed by atoms with Gasteiger partial charge in [0.2, 0.25) is 5.91 Å². The van der Waals surface area contributed by atoms with E-state index in [1.54, 1.807) is 0 Å². The molecule has 0 radical (unpaired) electrons. The predicted molar refractivity (Wildman–Crippen MR) is 71.5 cm³/mol. The molecule has 0 aromatic heterocycles. The normalized spacial score (nSPS) is 24.3. The van der Waals surface area contributed by atoms with Crippen molar-refractivity contribution in [1.82, 2.24) is 4.90 Å². The molecule has 0 atom stereocenters. The summed E-state index contributed by atoms with van der Waals surface area (Å²) in [7, 11) is 0. The zero-order valence-electron chi connectivity index (χ0n) is 12.6. The Hall–Kier alpha value is -1.35. The number of hydrogen-bond acceptors (Lipinski definition) is 4. The van der Waals surface area contributed by atoms with Crippen LogP contribution in [0.25, 0.3) is 0 Å². The number of halogens is 3. The van der Waals surface area contributed by atoms with Crippen LogP contribution in [0.2, 0.25) is 0 Å². The summed E-state index contributed by atoms with van der Waals surface area (Å²) in [5, 5.41) is 18.6. The van der Waals surface area contributed by atoms with Gasteiger partial charge < -0.3 is 19.8 Å². The van der Waals surface area contributed by atoms with E-state index in [1.807, 2.05) is 0 Å². The van der Waals surface area contributed by atoms with Gasteiger partial charge in [-0.2, -0.15) is 13.2 Å². The van der Waals surface area contributed by atoms with E-state index in [2.05, 4.69) is 0 Å². The van der Waals surface area contributed by atoms with E-state index in [9.17, 15) is 27.9 Å². The molecule has 2 saturated heterocycles. The Morgan fingerprint density at radius 1 is 1.09 bits per heavy atom. The topological polar surface area (TPSA) is 87.1 Å². The van der Waals surface area contributed by atoms with Crippen LogP contribution in [0, 0.1) is 10.8 Å². The molecule has 2 aliphatic rings. The molecule has 2 N–H and O–H groups in total. The van der Waals surface area contributed by atoms with Gasteiger partial charge in [-0.15, -0.1) is 0 Å². The number of aliphatic hydroxyl groups is 1. The fourth-order valence-electron chi connectivity index (χ4n) is 3.21. The zero-order valence-corrected chi connectivity index (χ0v) is 12.6. The molecule has 23 heavy (non-hydrogen) atoms. The van der Waals surface area contributed by atoms with E-state index in [-0.39, 0.29) is 39.1 Å². The molecule has 1 amide bonds. The van der Waals surface area contributed by atoms with E-state index >= 15 is 0 Å². The van der Waals surface area contributed by atoms with Crippen molar-refractivity contribution >= 4 is 11.9 Å². The van der Waals surface area contributed by atoms with Gasteiger partial charge in [0.05, 0.1) is 12.0 Å². The van der Waals surface area contributed by atoms with Crippen molar-refractivity contribution in [2.24, 2.45) is 10.8 Å². The number of alkyl halides is 3. The Morgan fingerprint density at radius 3 is 2.00 bits per heavy atom. The van der Waals surface area contributed by atoms with Crippen molar-refractivity contribution in [3.63, 3.8) is 0 Å². The number of piperidine rings is 1. The number of carboxylic acids is 1. The predicted octanol–water partition coefficient (Wildman–Crippen LogP) is 1.03. The first-order valence-corrected chi connectivity index (χ1v) is 7.47. The summed E-state index contributed by atoms with van der Waals surface area (Å²) in [6.45, 7) is -1.19. The second kappa shape index (κ2) is 6.27. The molecule has 0 spiro atoms. The smallest absolute Gasteiger partial charge is 0.396 e. The highest BCUT2D eigenvalue weighted by Crippen LogP contribution is 2.46. The number of amides is 1. The molecule has 2 aliphatic heterocycles. The molecule has 6 nitrogen and oxygen atoms in total. The number of rotatable bonds is 3. The van der Waals surface area contributed by atoms with Gasteiger partial charge in [0.1, 0.15) is 0 Å². The Bertz CT molecular complexity index is 466. The fourth-order valence-corrected chi connectivity index (χ4v) is 3.21. The van der Waals surface area contributed by atoms with E-state index in [1.165, 1.54) is 4.90 Å². The summed E-state index contributed by atoms with van der Waals surface area (Å²) in [4.78, 5) is 25.4. The van der Waals surface area contributed by atoms with Crippen LogP contribution in [0.4, 0.5) is 13.2 Å². The molecule has 9 heteroatoms. The first-order valence-electron chi connectivity index (χ1n) is 7.47. The van der Waals surface area contributed by atoms with Crippen LogP contribution < -0.4 is 0 Å². The third-order valence-electron chi connectivity index (χ3n) is 5.08. The van der Waals surface area contributed by atoms with Gasteiger partial charge in [-0.1, -0.05) is 0 Å². The molecular weight excluding hydrogens is 319 g/mol. The van der Waals surface area contributed by atoms with Crippen LogP contribution in [-0.4, -0.2) is 66.1 Å². The summed E-state index contributed by atoms with van der Waals surface area (Å²) < 4.78 is 44.4. The van der Waals surface area contributed by atoms with Gasteiger partial charge in [0.25, 0.3) is 0 Å². The van der Waals surface area contributed by atoms with E-state index in [4.69, 9.17) is 9.84 Å². The summed E-state index contributed by atoms with van der Waals surface area (Å²) in [5.74, 6) is -1.91. The summed E-state index contributed by atoms with van der Waals surface area (Å²) in [6, 6.07) is 0. The molecule has 2 fully saturated rings. The van der Waals surface area contributed by atoms with Crippen molar-refractivity contribution in [3.8, 4) is 0 Å². The second-order valence-electron chi connectivity index (χ2n) is 6.23. The third-order valence-corrected chi connectivity index (χ3v) is 5.08. The van der Waals surface area contributed by atoms with Crippen LogP contribution in [0.15, 0.2) is 0 Å². The molecule has 0 unspecified atom stereocenters. The van der Waals surface area contributed by atoms with Crippen molar-refractivity contribution in [1.29, 1.82) is 0 Å². The molecular formula is C14H20F3NO5. The standard InChI is InChI=1S/C14H20F3NO5/c15-14(16,17)12(9-19)1-5-18(6-2-12)10(20)13(11(21)22)3-7-23-8-4-13/h19H,1-9H2,(H,21,22). The van der Waals surface area contributed by atoms with Crippen LogP contribution >= 0.6 is 0 Å². The van der Waals surface area contributed by atoms with E-state index in [0.717, 1.165) is 0 Å². The molecule has 0 bridgehead atoms. The largest absolute Gasteiger partial charge is 0.480 e. The number of ether oxygens (including phenoxy) is 1. The highest BCUT2D eigenvalue weighted by atomic mass is 19.4. The molecule has 0 aromatic rings. The Morgan fingerprint density at radius 2 is 1.61 bits per heavy atom.